The molecule has 1 amide bonds. The number of guanidine groups is 1. The van der Waals surface area contributed by atoms with Crippen LogP contribution < -0.4 is 10.6 Å². The third-order valence-electron chi connectivity index (χ3n) is 4.13. The van der Waals surface area contributed by atoms with Crippen LogP contribution in [0.1, 0.15) is 34.0 Å². The molecule has 0 bridgehead atoms. The lowest BCUT2D eigenvalue weighted by molar-refractivity contribution is 0.0827. The molecular weight excluding hydrogens is 352 g/mol. The van der Waals surface area contributed by atoms with Crippen molar-refractivity contribution in [3.8, 4) is 0 Å². The van der Waals surface area contributed by atoms with E-state index in [9.17, 15) is 4.79 Å². The Balaban J connectivity index is 1.97. The zero-order valence-corrected chi connectivity index (χ0v) is 17.2. The van der Waals surface area contributed by atoms with Crippen LogP contribution in [0, 0.1) is 0 Å². The van der Waals surface area contributed by atoms with E-state index in [0.29, 0.717) is 25.3 Å². The van der Waals surface area contributed by atoms with Crippen molar-refractivity contribution < 1.29 is 9.53 Å². The summed E-state index contributed by atoms with van der Waals surface area (Å²) in [6, 6.07) is 15.9. The Hall–Kier alpha value is -2.86. The van der Waals surface area contributed by atoms with Gasteiger partial charge >= 0.3 is 0 Å². The van der Waals surface area contributed by atoms with E-state index in [1.165, 1.54) is 0 Å². The zero-order valence-electron chi connectivity index (χ0n) is 17.2. The van der Waals surface area contributed by atoms with Crippen molar-refractivity contribution in [2.24, 2.45) is 4.99 Å². The molecule has 0 spiro atoms. The number of amides is 1. The minimum absolute atomic E-state index is 0.00473. The van der Waals surface area contributed by atoms with Gasteiger partial charge in [-0.3, -0.25) is 4.79 Å². The van der Waals surface area contributed by atoms with Gasteiger partial charge in [0.05, 0.1) is 13.2 Å². The van der Waals surface area contributed by atoms with Gasteiger partial charge in [0.2, 0.25) is 0 Å². The summed E-state index contributed by atoms with van der Waals surface area (Å²) in [7, 11) is 5.20. The molecule has 150 valence electrons. The summed E-state index contributed by atoms with van der Waals surface area (Å²) >= 11 is 0. The maximum atomic E-state index is 12.0. The van der Waals surface area contributed by atoms with Gasteiger partial charge in [0.25, 0.3) is 5.91 Å². The third kappa shape index (κ3) is 6.70. The van der Waals surface area contributed by atoms with E-state index in [1.54, 1.807) is 26.1 Å². The zero-order chi connectivity index (χ0) is 20.4. The Morgan fingerprint density at radius 1 is 1.04 bits per heavy atom. The Bertz CT molecular complexity index is 785. The van der Waals surface area contributed by atoms with Gasteiger partial charge in [0.1, 0.15) is 0 Å². The number of ether oxygens (including phenoxy) is 1. The number of benzene rings is 2. The number of nitrogens with zero attached hydrogens (tertiary/aromatic N) is 2. The first-order chi connectivity index (χ1) is 13.5. The fourth-order valence-electron chi connectivity index (χ4n) is 2.71. The van der Waals surface area contributed by atoms with Crippen molar-refractivity contribution in [2.75, 3.05) is 27.7 Å². The molecule has 6 heteroatoms. The summed E-state index contributed by atoms with van der Waals surface area (Å²) in [5, 5.41) is 6.60. The van der Waals surface area contributed by atoms with E-state index in [-0.39, 0.29) is 5.91 Å². The average Bonchev–Trinajstić information content (AvgIpc) is 2.70. The van der Waals surface area contributed by atoms with Gasteiger partial charge in [-0.25, -0.2) is 4.99 Å². The van der Waals surface area contributed by atoms with Crippen LogP contribution in [-0.4, -0.2) is 44.5 Å². The topological polar surface area (TPSA) is 66.0 Å². The van der Waals surface area contributed by atoms with Gasteiger partial charge < -0.3 is 20.3 Å². The highest BCUT2D eigenvalue weighted by molar-refractivity contribution is 5.93. The van der Waals surface area contributed by atoms with Crippen LogP contribution >= 0.6 is 0 Å². The Morgan fingerprint density at radius 2 is 1.75 bits per heavy atom. The molecule has 0 unspecified atom stereocenters. The maximum absolute atomic E-state index is 12.0. The summed E-state index contributed by atoms with van der Waals surface area (Å²) in [5.74, 6) is 0.762. The van der Waals surface area contributed by atoms with Crippen LogP contribution in [0.4, 0.5) is 0 Å². The largest absolute Gasteiger partial charge is 0.380 e. The molecule has 0 fully saturated rings. The highest BCUT2D eigenvalue weighted by Crippen LogP contribution is 2.08. The van der Waals surface area contributed by atoms with Crippen LogP contribution in [0.25, 0.3) is 0 Å². The second-order valence-electron chi connectivity index (χ2n) is 6.70. The minimum Gasteiger partial charge on any atom is -0.380 e. The van der Waals surface area contributed by atoms with Crippen molar-refractivity contribution in [2.45, 2.75) is 26.6 Å². The van der Waals surface area contributed by atoms with E-state index in [0.717, 1.165) is 29.2 Å². The molecule has 0 aliphatic carbocycles. The summed E-state index contributed by atoms with van der Waals surface area (Å²) in [6.07, 6.45) is 0. The van der Waals surface area contributed by atoms with Gasteiger partial charge in [-0.15, -0.1) is 0 Å². The van der Waals surface area contributed by atoms with Crippen LogP contribution in [0.3, 0.4) is 0 Å². The third-order valence-corrected chi connectivity index (χ3v) is 4.13. The van der Waals surface area contributed by atoms with Crippen molar-refractivity contribution in [1.82, 2.24) is 15.5 Å². The average molecular weight is 383 g/mol. The lowest BCUT2D eigenvalue weighted by Gasteiger charge is -2.13. The Kier molecular flexibility index (Phi) is 8.49. The number of rotatable bonds is 8. The summed E-state index contributed by atoms with van der Waals surface area (Å²) in [6.45, 7) is 4.64. The van der Waals surface area contributed by atoms with Gasteiger partial charge in [0, 0.05) is 39.9 Å². The Morgan fingerprint density at radius 3 is 2.39 bits per heavy atom. The first-order valence-corrected chi connectivity index (χ1v) is 9.43. The van der Waals surface area contributed by atoms with Crippen LogP contribution in [0.2, 0.25) is 0 Å². The Labute approximate surface area is 167 Å². The molecule has 0 atom stereocenters. The molecule has 6 nitrogen and oxygen atoms in total. The number of nitrogens with one attached hydrogen (secondary N) is 2. The molecule has 0 aromatic heterocycles. The normalized spacial score (nSPS) is 11.2. The molecule has 2 rings (SSSR count). The van der Waals surface area contributed by atoms with Crippen molar-refractivity contribution >= 4 is 11.9 Å². The van der Waals surface area contributed by atoms with E-state index in [2.05, 4.69) is 27.8 Å². The maximum Gasteiger partial charge on any atom is 0.253 e. The summed E-state index contributed by atoms with van der Waals surface area (Å²) in [5.41, 5.74) is 4.05. The fraction of sp³-hybridized carbons (Fsp3) is 0.364. The predicted octanol–water partition coefficient (Wildman–Crippen LogP) is 2.79. The second-order valence-corrected chi connectivity index (χ2v) is 6.70. The van der Waals surface area contributed by atoms with Crippen LogP contribution in [0.5, 0.6) is 0 Å². The van der Waals surface area contributed by atoms with Crippen molar-refractivity contribution in [3.63, 3.8) is 0 Å². The molecule has 2 N–H and O–H groups in total. The van der Waals surface area contributed by atoms with E-state index in [4.69, 9.17) is 4.74 Å². The number of carbonyl (C=O) groups excluding carboxylic acids is 1. The number of aliphatic imine (C=N–C) groups is 1. The molecule has 0 aliphatic heterocycles. The highest BCUT2D eigenvalue weighted by Gasteiger charge is 2.07. The molecule has 0 heterocycles. The second kappa shape index (κ2) is 11.1. The smallest absolute Gasteiger partial charge is 0.253 e. The number of methoxy groups -OCH3 is 1. The lowest BCUT2D eigenvalue weighted by Crippen LogP contribution is -2.36. The molecule has 0 aliphatic rings. The quantitative estimate of drug-likeness (QED) is 0.544. The van der Waals surface area contributed by atoms with Gasteiger partial charge in [-0.05, 0) is 35.7 Å². The molecule has 28 heavy (non-hydrogen) atoms. The SMILES string of the molecule is CCNC(=NCc1cccc(COC)c1)NCc1ccc(C(=O)N(C)C)cc1. The predicted molar refractivity (Wildman–Crippen MR) is 113 cm³/mol. The van der Waals surface area contributed by atoms with Crippen LogP contribution in [-0.2, 0) is 24.4 Å². The number of carbonyl (C=O) groups is 1. The van der Waals surface area contributed by atoms with E-state index in [1.807, 2.05) is 43.3 Å². The molecule has 0 saturated heterocycles. The van der Waals surface area contributed by atoms with E-state index < -0.39 is 0 Å². The summed E-state index contributed by atoms with van der Waals surface area (Å²) in [4.78, 5) is 18.2. The molecule has 2 aromatic rings. The lowest BCUT2D eigenvalue weighted by atomic mass is 10.1. The summed E-state index contributed by atoms with van der Waals surface area (Å²) < 4.78 is 5.19. The van der Waals surface area contributed by atoms with Gasteiger partial charge in [0.15, 0.2) is 5.96 Å². The molecule has 0 radical (unpaired) electrons. The first-order valence-electron chi connectivity index (χ1n) is 9.43. The first kappa shape index (κ1) is 21.4. The van der Waals surface area contributed by atoms with Crippen molar-refractivity contribution in [1.29, 1.82) is 0 Å². The van der Waals surface area contributed by atoms with Gasteiger partial charge in [-0.1, -0.05) is 36.4 Å². The van der Waals surface area contributed by atoms with Gasteiger partial charge in [-0.2, -0.15) is 0 Å². The van der Waals surface area contributed by atoms with Crippen molar-refractivity contribution in [3.05, 3.63) is 70.8 Å². The van der Waals surface area contributed by atoms with E-state index >= 15 is 0 Å². The highest BCUT2D eigenvalue weighted by atomic mass is 16.5. The minimum atomic E-state index is 0.00473. The van der Waals surface area contributed by atoms with Crippen LogP contribution in [0.15, 0.2) is 53.5 Å². The molecular formula is C22H30N4O2. The number of hydrogen-bond acceptors (Lipinski definition) is 3. The molecule has 2 aromatic carbocycles. The standard InChI is InChI=1S/C22H30N4O2/c1-5-23-22(25-15-18-7-6-8-19(13-18)16-28-4)24-14-17-9-11-20(12-10-17)21(27)26(2)3/h6-13H,5,14-16H2,1-4H3,(H2,23,24,25). The fourth-order valence-corrected chi connectivity index (χ4v) is 2.71. The molecule has 0 saturated carbocycles. The monoisotopic (exact) mass is 382 g/mol. The number of hydrogen-bond donors (Lipinski definition) is 2.